The minimum Gasteiger partial charge on any atom is -0.357 e. The summed E-state index contributed by atoms with van der Waals surface area (Å²) < 4.78 is 0. The fraction of sp³-hybridized carbons (Fsp3) is 0.217. The molecule has 3 aromatic rings. The molecule has 3 N–H and O–H groups in total. The number of nitrogens with one attached hydrogen (secondary N) is 3. The Morgan fingerprint density at radius 3 is 2.57 bits per heavy atom. The Hall–Kier alpha value is -3.34. The van der Waals surface area contributed by atoms with Gasteiger partial charge >= 0.3 is 0 Å². The molecular formula is C23H23N3O2. The molecule has 1 aromatic heterocycles. The Morgan fingerprint density at radius 1 is 1.07 bits per heavy atom. The van der Waals surface area contributed by atoms with Gasteiger partial charge in [0.2, 0.25) is 5.91 Å². The predicted molar refractivity (Wildman–Crippen MR) is 112 cm³/mol. The Morgan fingerprint density at radius 2 is 1.79 bits per heavy atom. The first-order valence-electron chi connectivity index (χ1n) is 9.35. The van der Waals surface area contributed by atoms with E-state index in [2.05, 4.69) is 36.0 Å². The van der Waals surface area contributed by atoms with Crippen molar-refractivity contribution >= 4 is 28.4 Å². The zero-order chi connectivity index (χ0) is 19.9. The molecule has 142 valence electrons. The lowest BCUT2D eigenvalue weighted by Gasteiger charge is -2.23. The second-order valence-corrected chi connectivity index (χ2v) is 7.71. The lowest BCUT2D eigenvalue weighted by Crippen LogP contribution is -2.43. The summed E-state index contributed by atoms with van der Waals surface area (Å²) in [6.07, 6.45) is 2.28. The maximum absolute atomic E-state index is 12.9. The molecule has 1 atom stereocenters. The van der Waals surface area contributed by atoms with Gasteiger partial charge in [0.25, 0.3) is 5.91 Å². The molecule has 28 heavy (non-hydrogen) atoms. The van der Waals surface area contributed by atoms with Gasteiger partial charge in [0, 0.05) is 28.4 Å². The van der Waals surface area contributed by atoms with Gasteiger partial charge in [0.05, 0.1) is 11.3 Å². The Balaban J connectivity index is 1.76. The third-order valence-electron chi connectivity index (χ3n) is 5.43. The molecule has 0 spiro atoms. The van der Waals surface area contributed by atoms with Crippen LogP contribution in [0.3, 0.4) is 0 Å². The van der Waals surface area contributed by atoms with E-state index in [4.69, 9.17) is 0 Å². The number of hydrogen-bond acceptors (Lipinski definition) is 2. The molecule has 0 saturated carbocycles. The second kappa shape index (κ2) is 6.68. The minimum atomic E-state index is -0.668. The van der Waals surface area contributed by atoms with Gasteiger partial charge in [0.15, 0.2) is 0 Å². The number of allylic oxidation sites excluding steroid dienone is 1. The van der Waals surface area contributed by atoms with E-state index in [0.717, 1.165) is 22.2 Å². The van der Waals surface area contributed by atoms with Crippen LogP contribution in [0.15, 0.2) is 61.2 Å². The van der Waals surface area contributed by atoms with Crippen LogP contribution in [0.4, 0.5) is 5.69 Å². The number of hydrogen-bond donors (Lipinski definition) is 3. The van der Waals surface area contributed by atoms with Gasteiger partial charge in [-0.05, 0) is 23.8 Å². The first kappa shape index (κ1) is 18.0. The summed E-state index contributed by atoms with van der Waals surface area (Å²) in [6.45, 7) is 8.13. The average molecular weight is 373 g/mol. The highest BCUT2D eigenvalue weighted by Gasteiger charge is 2.31. The summed E-state index contributed by atoms with van der Waals surface area (Å²) in [6, 6.07) is 14.4. The van der Waals surface area contributed by atoms with Crippen molar-refractivity contribution in [3.05, 3.63) is 78.0 Å². The van der Waals surface area contributed by atoms with E-state index >= 15 is 0 Å². The Kier molecular flexibility index (Phi) is 4.30. The number of fused-ring (bicyclic) bond motifs is 2. The summed E-state index contributed by atoms with van der Waals surface area (Å²) in [7, 11) is 0. The number of amides is 2. The average Bonchev–Trinajstić information content (AvgIpc) is 3.01. The maximum Gasteiger partial charge on any atom is 0.254 e. The lowest BCUT2D eigenvalue weighted by atomic mass is 9.85. The van der Waals surface area contributed by atoms with Crippen LogP contribution < -0.4 is 10.6 Å². The minimum absolute atomic E-state index is 0.217. The van der Waals surface area contributed by atoms with Crippen LogP contribution in [-0.4, -0.2) is 22.8 Å². The largest absolute Gasteiger partial charge is 0.357 e. The van der Waals surface area contributed by atoms with E-state index in [-0.39, 0.29) is 17.2 Å². The Labute approximate surface area is 163 Å². The maximum atomic E-state index is 12.9. The smallest absolute Gasteiger partial charge is 0.254 e. The number of para-hydroxylation sites is 2. The van der Waals surface area contributed by atoms with Crippen molar-refractivity contribution in [2.75, 3.05) is 5.32 Å². The molecule has 0 aliphatic carbocycles. The molecule has 0 unspecified atom stereocenters. The summed E-state index contributed by atoms with van der Waals surface area (Å²) in [5.74, 6) is -0.464. The molecule has 2 aromatic carbocycles. The summed E-state index contributed by atoms with van der Waals surface area (Å²) in [5, 5.41) is 6.83. The molecule has 0 saturated heterocycles. The van der Waals surface area contributed by atoms with Crippen LogP contribution in [0.1, 0.15) is 35.5 Å². The second-order valence-electron chi connectivity index (χ2n) is 7.71. The molecule has 1 aliphatic heterocycles. The fourth-order valence-corrected chi connectivity index (χ4v) is 3.72. The third-order valence-corrected chi connectivity index (χ3v) is 5.43. The SMILES string of the molecule is C=CC(C)(C)c1[nH]c2ccccc2c1C[C@@H]1NC(=O)c2ccccc2NC1=O. The monoisotopic (exact) mass is 373 g/mol. The van der Waals surface area contributed by atoms with E-state index in [9.17, 15) is 9.59 Å². The van der Waals surface area contributed by atoms with Crippen LogP contribution in [-0.2, 0) is 16.6 Å². The van der Waals surface area contributed by atoms with Crippen molar-refractivity contribution in [3.63, 3.8) is 0 Å². The van der Waals surface area contributed by atoms with Crippen LogP contribution in [0.2, 0.25) is 0 Å². The fourth-order valence-electron chi connectivity index (χ4n) is 3.72. The molecule has 0 bridgehead atoms. The van der Waals surface area contributed by atoms with Crippen molar-refractivity contribution < 1.29 is 9.59 Å². The van der Waals surface area contributed by atoms with E-state index in [1.165, 1.54) is 0 Å². The summed E-state index contributed by atoms with van der Waals surface area (Å²) in [5.41, 5.74) is 3.75. The molecule has 4 rings (SSSR count). The van der Waals surface area contributed by atoms with Gasteiger partial charge in [-0.25, -0.2) is 0 Å². The first-order valence-corrected chi connectivity index (χ1v) is 9.35. The molecule has 2 amide bonds. The van der Waals surface area contributed by atoms with Gasteiger partial charge in [0.1, 0.15) is 6.04 Å². The van der Waals surface area contributed by atoms with Crippen molar-refractivity contribution in [2.24, 2.45) is 0 Å². The van der Waals surface area contributed by atoms with Gasteiger partial charge in [-0.3, -0.25) is 9.59 Å². The third kappa shape index (κ3) is 2.99. The predicted octanol–water partition coefficient (Wildman–Crippen LogP) is 3.92. The molecule has 0 fully saturated rings. The van der Waals surface area contributed by atoms with E-state index in [1.54, 1.807) is 24.3 Å². The number of H-pyrrole nitrogens is 1. The van der Waals surface area contributed by atoms with E-state index in [0.29, 0.717) is 17.7 Å². The number of aromatic nitrogens is 1. The molecule has 0 radical (unpaired) electrons. The number of carbonyl (C=O) groups is 2. The number of rotatable bonds is 4. The van der Waals surface area contributed by atoms with Crippen LogP contribution in [0, 0.1) is 0 Å². The Bertz CT molecular complexity index is 1090. The highest BCUT2D eigenvalue weighted by atomic mass is 16.2. The van der Waals surface area contributed by atoms with Crippen molar-refractivity contribution in [3.8, 4) is 0 Å². The standard InChI is InChI=1S/C23H23N3O2/c1-4-23(2,3)20-16(14-9-5-7-11-17(14)24-20)13-19-22(28)25-18-12-8-6-10-15(18)21(27)26-19/h4-12,19,24H,1,13H2,2-3H3,(H,25,28)(H,26,27)/t19-/m0/s1. The molecule has 1 aliphatic rings. The quantitative estimate of drug-likeness (QED) is 0.606. The van der Waals surface area contributed by atoms with Gasteiger partial charge in [-0.2, -0.15) is 0 Å². The lowest BCUT2D eigenvalue weighted by molar-refractivity contribution is -0.117. The van der Waals surface area contributed by atoms with E-state index in [1.807, 2.05) is 30.3 Å². The highest BCUT2D eigenvalue weighted by molar-refractivity contribution is 6.10. The topological polar surface area (TPSA) is 74.0 Å². The van der Waals surface area contributed by atoms with Crippen molar-refractivity contribution in [2.45, 2.75) is 31.7 Å². The van der Waals surface area contributed by atoms with Gasteiger partial charge in [-0.1, -0.05) is 50.3 Å². The normalized spacial score (nSPS) is 16.9. The van der Waals surface area contributed by atoms with Gasteiger partial charge < -0.3 is 15.6 Å². The van der Waals surface area contributed by atoms with Crippen LogP contribution in [0.25, 0.3) is 10.9 Å². The first-order chi connectivity index (χ1) is 13.4. The molecule has 5 heteroatoms. The van der Waals surface area contributed by atoms with Crippen molar-refractivity contribution in [1.29, 1.82) is 0 Å². The summed E-state index contributed by atoms with van der Waals surface area (Å²) in [4.78, 5) is 29.0. The molecule has 5 nitrogen and oxygen atoms in total. The van der Waals surface area contributed by atoms with Gasteiger partial charge in [-0.15, -0.1) is 6.58 Å². The van der Waals surface area contributed by atoms with E-state index < -0.39 is 6.04 Å². The molecule has 2 heterocycles. The highest BCUT2D eigenvalue weighted by Crippen LogP contribution is 2.33. The van der Waals surface area contributed by atoms with Crippen LogP contribution >= 0.6 is 0 Å². The summed E-state index contributed by atoms with van der Waals surface area (Å²) >= 11 is 0. The zero-order valence-corrected chi connectivity index (χ0v) is 16.0. The van der Waals surface area contributed by atoms with Crippen molar-refractivity contribution in [1.82, 2.24) is 10.3 Å². The number of anilines is 1. The zero-order valence-electron chi connectivity index (χ0n) is 16.0. The number of benzene rings is 2. The number of carbonyl (C=O) groups excluding carboxylic acids is 2. The number of aromatic amines is 1. The molecular weight excluding hydrogens is 350 g/mol. The van der Waals surface area contributed by atoms with Crippen LogP contribution in [0.5, 0.6) is 0 Å².